The molecule has 3 rings (SSSR count). The number of fused-ring (bicyclic) bond motifs is 1. The second-order valence-electron chi connectivity index (χ2n) is 4.65. The number of para-hydroxylation sites is 1. The third-order valence-electron chi connectivity index (χ3n) is 3.20. The summed E-state index contributed by atoms with van der Waals surface area (Å²) in [4.78, 5) is 27.6. The molecule has 0 fully saturated rings. The molecule has 0 aliphatic carbocycles. The third kappa shape index (κ3) is 2.64. The van der Waals surface area contributed by atoms with E-state index in [0.29, 0.717) is 17.6 Å². The van der Waals surface area contributed by atoms with Gasteiger partial charge in [0.25, 0.3) is 0 Å². The van der Waals surface area contributed by atoms with Gasteiger partial charge in [-0.3, -0.25) is 9.59 Å². The first-order valence-electron chi connectivity index (χ1n) is 6.40. The molecular formula is C15H13N3O3. The van der Waals surface area contributed by atoms with Gasteiger partial charge >= 0.3 is 11.1 Å². The second-order valence-corrected chi connectivity index (χ2v) is 4.65. The monoisotopic (exact) mass is 283 g/mol. The summed E-state index contributed by atoms with van der Waals surface area (Å²) in [6.45, 7) is 0.450. The number of phenols is 1. The molecule has 106 valence electrons. The van der Waals surface area contributed by atoms with Gasteiger partial charge in [0.15, 0.2) is 0 Å². The Morgan fingerprint density at radius 3 is 2.43 bits per heavy atom. The van der Waals surface area contributed by atoms with Crippen LogP contribution >= 0.6 is 0 Å². The highest BCUT2D eigenvalue weighted by atomic mass is 16.3. The molecular weight excluding hydrogens is 270 g/mol. The first kappa shape index (κ1) is 13.0. The van der Waals surface area contributed by atoms with Crippen LogP contribution in [0.15, 0.2) is 52.1 Å². The molecule has 0 radical (unpaired) electrons. The lowest BCUT2D eigenvalue weighted by atomic mass is 10.2. The van der Waals surface area contributed by atoms with Crippen molar-refractivity contribution in [1.82, 2.24) is 9.97 Å². The maximum absolute atomic E-state index is 11.3. The summed E-state index contributed by atoms with van der Waals surface area (Å²) in [5, 5.41) is 12.9. The first-order valence-corrected chi connectivity index (χ1v) is 6.40. The standard InChI is InChI=1S/C15H13N3O3/c19-13-4-2-1-3-9(13)8-16-10-5-6-11-12(7-10)18-15(21)14(20)17-11/h1-7,16,19H,8H2,(H,17,20)(H,18,21). The normalized spacial score (nSPS) is 10.7. The van der Waals surface area contributed by atoms with Gasteiger partial charge in [-0.25, -0.2) is 0 Å². The largest absolute Gasteiger partial charge is 0.508 e. The Labute approximate surface area is 119 Å². The number of nitrogens with one attached hydrogen (secondary N) is 3. The van der Waals surface area contributed by atoms with Crippen LogP contribution in [-0.2, 0) is 6.54 Å². The number of phenolic OH excluding ortho intramolecular Hbond substituents is 1. The molecule has 0 aliphatic rings. The molecule has 4 N–H and O–H groups in total. The Morgan fingerprint density at radius 1 is 0.952 bits per heavy atom. The molecule has 1 heterocycles. The van der Waals surface area contributed by atoms with Crippen molar-refractivity contribution >= 4 is 16.7 Å². The van der Waals surface area contributed by atoms with Crippen molar-refractivity contribution in [3.8, 4) is 5.75 Å². The molecule has 0 saturated heterocycles. The molecule has 1 aromatic heterocycles. The quantitative estimate of drug-likeness (QED) is 0.548. The lowest BCUT2D eigenvalue weighted by Gasteiger charge is -2.08. The van der Waals surface area contributed by atoms with Crippen molar-refractivity contribution in [3.05, 3.63) is 68.7 Å². The number of rotatable bonds is 3. The van der Waals surface area contributed by atoms with Crippen LogP contribution in [0.4, 0.5) is 5.69 Å². The number of hydrogen-bond acceptors (Lipinski definition) is 4. The predicted molar refractivity (Wildman–Crippen MR) is 80.6 cm³/mol. The van der Waals surface area contributed by atoms with E-state index < -0.39 is 11.1 Å². The first-order chi connectivity index (χ1) is 10.1. The smallest absolute Gasteiger partial charge is 0.314 e. The van der Waals surface area contributed by atoms with Crippen LogP contribution in [0.2, 0.25) is 0 Å². The van der Waals surface area contributed by atoms with Gasteiger partial charge in [-0.15, -0.1) is 0 Å². The van der Waals surface area contributed by atoms with Crippen LogP contribution in [0.5, 0.6) is 5.75 Å². The van der Waals surface area contributed by atoms with Gasteiger partial charge in [-0.1, -0.05) is 18.2 Å². The molecule has 0 amide bonds. The van der Waals surface area contributed by atoms with E-state index in [1.165, 1.54) is 0 Å². The number of anilines is 1. The molecule has 6 nitrogen and oxygen atoms in total. The van der Waals surface area contributed by atoms with Crippen LogP contribution in [0, 0.1) is 0 Å². The van der Waals surface area contributed by atoms with Crippen LogP contribution in [0.1, 0.15) is 5.56 Å². The second kappa shape index (κ2) is 5.16. The van der Waals surface area contributed by atoms with Gasteiger partial charge in [-0.05, 0) is 24.3 Å². The summed E-state index contributed by atoms with van der Waals surface area (Å²) in [6, 6.07) is 12.3. The van der Waals surface area contributed by atoms with Gasteiger partial charge in [0.2, 0.25) is 0 Å². The molecule has 3 aromatic rings. The summed E-state index contributed by atoms with van der Waals surface area (Å²) in [6.07, 6.45) is 0. The molecule has 2 aromatic carbocycles. The molecule has 6 heteroatoms. The lowest BCUT2D eigenvalue weighted by molar-refractivity contribution is 0.469. The van der Waals surface area contributed by atoms with Gasteiger partial charge in [0.05, 0.1) is 11.0 Å². The minimum atomic E-state index is -0.680. The molecule has 0 atom stereocenters. The highest BCUT2D eigenvalue weighted by Gasteiger charge is 2.02. The van der Waals surface area contributed by atoms with Gasteiger partial charge in [0.1, 0.15) is 5.75 Å². The van der Waals surface area contributed by atoms with E-state index in [1.807, 2.05) is 12.1 Å². The van der Waals surface area contributed by atoms with Gasteiger partial charge < -0.3 is 20.4 Å². The maximum atomic E-state index is 11.3. The number of aromatic hydroxyl groups is 1. The Morgan fingerprint density at radius 2 is 1.67 bits per heavy atom. The van der Waals surface area contributed by atoms with E-state index in [1.54, 1.807) is 30.3 Å². The average Bonchev–Trinajstić information content (AvgIpc) is 2.48. The fourth-order valence-corrected chi connectivity index (χ4v) is 2.08. The highest BCUT2D eigenvalue weighted by molar-refractivity contribution is 5.78. The van der Waals surface area contributed by atoms with E-state index in [2.05, 4.69) is 15.3 Å². The summed E-state index contributed by atoms with van der Waals surface area (Å²) in [7, 11) is 0. The molecule has 0 saturated carbocycles. The van der Waals surface area contributed by atoms with E-state index in [-0.39, 0.29) is 5.75 Å². The molecule has 0 bridgehead atoms. The van der Waals surface area contributed by atoms with Crippen molar-refractivity contribution < 1.29 is 5.11 Å². The van der Waals surface area contributed by atoms with Crippen molar-refractivity contribution in [3.63, 3.8) is 0 Å². The molecule has 0 unspecified atom stereocenters. The number of hydrogen-bond donors (Lipinski definition) is 4. The number of aromatic nitrogens is 2. The summed E-state index contributed by atoms with van der Waals surface area (Å²) in [5.74, 6) is 0.225. The molecule has 21 heavy (non-hydrogen) atoms. The maximum Gasteiger partial charge on any atom is 0.314 e. The Bertz CT molecular complexity index is 912. The average molecular weight is 283 g/mol. The zero-order chi connectivity index (χ0) is 14.8. The van der Waals surface area contributed by atoms with Crippen LogP contribution in [0.3, 0.4) is 0 Å². The fraction of sp³-hybridized carbons (Fsp3) is 0.0667. The van der Waals surface area contributed by atoms with Crippen molar-refractivity contribution in [2.75, 3.05) is 5.32 Å². The van der Waals surface area contributed by atoms with E-state index in [9.17, 15) is 14.7 Å². The van der Waals surface area contributed by atoms with E-state index >= 15 is 0 Å². The number of benzene rings is 2. The van der Waals surface area contributed by atoms with Gasteiger partial charge in [-0.2, -0.15) is 0 Å². The van der Waals surface area contributed by atoms with E-state index in [4.69, 9.17) is 0 Å². The van der Waals surface area contributed by atoms with Crippen LogP contribution in [-0.4, -0.2) is 15.1 Å². The molecule has 0 aliphatic heterocycles. The Balaban J connectivity index is 1.88. The van der Waals surface area contributed by atoms with Crippen LogP contribution < -0.4 is 16.4 Å². The lowest BCUT2D eigenvalue weighted by Crippen LogP contribution is -2.28. The van der Waals surface area contributed by atoms with Crippen molar-refractivity contribution in [2.24, 2.45) is 0 Å². The number of H-pyrrole nitrogens is 2. The SMILES string of the molecule is O=c1[nH]c2ccc(NCc3ccccc3O)cc2[nH]c1=O. The topological polar surface area (TPSA) is 98.0 Å². The third-order valence-corrected chi connectivity index (χ3v) is 3.20. The summed E-state index contributed by atoms with van der Waals surface area (Å²) >= 11 is 0. The highest BCUT2D eigenvalue weighted by Crippen LogP contribution is 2.19. The number of aromatic amines is 2. The minimum absolute atomic E-state index is 0.225. The summed E-state index contributed by atoms with van der Waals surface area (Å²) < 4.78 is 0. The predicted octanol–water partition coefficient (Wildman–Crippen LogP) is 1.53. The van der Waals surface area contributed by atoms with Gasteiger partial charge in [0, 0.05) is 17.8 Å². The fourth-order valence-electron chi connectivity index (χ4n) is 2.08. The molecule has 0 spiro atoms. The Hall–Kier alpha value is -3.02. The van der Waals surface area contributed by atoms with Crippen LogP contribution in [0.25, 0.3) is 11.0 Å². The van der Waals surface area contributed by atoms with Crippen molar-refractivity contribution in [1.29, 1.82) is 0 Å². The zero-order valence-electron chi connectivity index (χ0n) is 11.0. The Kier molecular flexibility index (Phi) is 3.19. The van der Waals surface area contributed by atoms with Crippen molar-refractivity contribution in [2.45, 2.75) is 6.54 Å². The minimum Gasteiger partial charge on any atom is -0.508 e. The summed E-state index contributed by atoms with van der Waals surface area (Å²) in [5.41, 5.74) is 1.30. The zero-order valence-corrected chi connectivity index (χ0v) is 11.0. The van der Waals surface area contributed by atoms with E-state index in [0.717, 1.165) is 11.3 Å².